The smallest absolute Gasteiger partial charge is 0.341 e. The van der Waals surface area contributed by atoms with Gasteiger partial charge in [-0.3, -0.25) is 4.79 Å². The number of nitrogens with one attached hydrogen (secondary N) is 1. The van der Waals surface area contributed by atoms with Crippen LogP contribution in [0.2, 0.25) is 0 Å². The zero-order valence-corrected chi connectivity index (χ0v) is 17.0. The molecule has 0 aliphatic carbocycles. The molecule has 1 N–H and O–H groups in total. The zero-order chi connectivity index (χ0) is 21.1. The van der Waals surface area contributed by atoms with Crippen molar-refractivity contribution in [1.29, 1.82) is 0 Å². The van der Waals surface area contributed by atoms with Crippen LogP contribution in [0, 0.1) is 6.92 Å². The minimum atomic E-state index is -0.525. The van der Waals surface area contributed by atoms with Crippen LogP contribution in [0.4, 0.5) is 5.00 Å². The van der Waals surface area contributed by atoms with Crippen molar-refractivity contribution in [3.63, 3.8) is 0 Å². The van der Waals surface area contributed by atoms with Gasteiger partial charge in [-0.25, -0.2) is 4.79 Å². The third kappa shape index (κ3) is 3.87. The summed E-state index contributed by atoms with van der Waals surface area (Å²) in [4.78, 5) is 29.5. The molecule has 0 spiro atoms. The van der Waals surface area contributed by atoms with Gasteiger partial charge in [0.05, 0.1) is 12.9 Å². The van der Waals surface area contributed by atoms with E-state index in [-0.39, 0.29) is 18.1 Å². The van der Waals surface area contributed by atoms with E-state index in [1.807, 2.05) is 0 Å². The summed E-state index contributed by atoms with van der Waals surface area (Å²) in [7, 11) is 0. The third-order valence-electron chi connectivity index (χ3n) is 4.21. The summed E-state index contributed by atoms with van der Waals surface area (Å²) in [5.41, 5.74) is 1.96. The molecule has 1 aromatic carbocycles. The standard InChI is InChI=1S/C21H17N3O5S/c1-3-27-21(26)17-15(16-5-4-10-28-16)11-30-20(17)23-18(25)13-6-8-14(9-7-13)19-22-12(2)24-29-19/h4-11H,3H2,1-2H3,(H,23,25). The molecule has 4 rings (SSSR count). The monoisotopic (exact) mass is 423 g/mol. The van der Waals surface area contributed by atoms with Crippen molar-refractivity contribution in [3.05, 3.63) is 65.0 Å². The number of furan rings is 1. The summed E-state index contributed by atoms with van der Waals surface area (Å²) in [6, 6.07) is 10.2. The minimum absolute atomic E-state index is 0.219. The molecule has 1 amide bonds. The Kier molecular flexibility index (Phi) is 5.44. The summed E-state index contributed by atoms with van der Waals surface area (Å²) < 4.78 is 15.7. The number of carbonyl (C=O) groups excluding carboxylic acids is 2. The van der Waals surface area contributed by atoms with Gasteiger partial charge >= 0.3 is 5.97 Å². The molecule has 9 heteroatoms. The first-order chi connectivity index (χ1) is 14.6. The van der Waals surface area contributed by atoms with Crippen LogP contribution in [0.25, 0.3) is 22.8 Å². The summed E-state index contributed by atoms with van der Waals surface area (Å²) in [6.45, 7) is 3.67. The van der Waals surface area contributed by atoms with E-state index in [1.54, 1.807) is 55.6 Å². The van der Waals surface area contributed by atoms with Crippen LogP contribution in [0.1, 0.15) is 33.5 Å². The highest BCUT2D eigenvalue weighted by molar-refractivity contribution is 7.15. The molecule has 8 nitrogen and oxygen atoms in total. The number of aromatic nitrogens is 2. The largest absolute Gasteiger partial charge is 0.464 e. The number of thiophene rings is 1. The Balaban J connectivity index is 1.59. The number of esters is 1. The molecule has 0 bridgehead atoms. The minimum Gasteiger partial charge on any atom is -0.464 e. The highest BCUT2D eigenvalue weighted by Crippen LogP contribution is 2.36. The Morgan fingerprint density at radius 3 is 2.63 bits per heavy atom. The van der Waals surface area contributed by atoms with Crippen LogP contribution < -0.4 is 5.32 Å². The number of hydrogen-bond acceptors (Lipinski definition) is 8. The number of benzene rings is 1. The summed E-state index contributed by atoms with van der Waals surface area (Å²) in [5.74, 6) is 0.548. The van der Waals surface area contributed by atoms with E-state index in [1.165, 1.54) is 17.6 Å². The maximum absolute atomic E-state index is 12.8. The van der Waals surface area contributed by atoms with E-state index < -0.39 is 5.97 Å². The second kappa shape index (κ2) is 8.34. The first-order valence-corrected chi connectivity index (χ1v) is 9.99. The van der Waals surface area contributed by atoms with Gasteiger partial charge in [-0.1, -0.05) is 5.16 Å². The van der Waals surface area contributed by atoms with Gasteiger partial charge in [-0.2, -0.15) is 4.98 Å². The lowest BCUT2D eigenvalue weighted by Crippen LogP contribution is -2.14. The van der Waals surface area contributed by atoms with Gasteiger partial charge in [-0.15, -0.1) is 11.3 Å². The average Bonchev–Trinajstić information content (AvgIpc) is 3.49. The number of nitrogens with zero attached hydrogens (tertiary/aromatic N) is 2. The van der Waals surface area contributed by atoms with Crippen molar-refractivity contribution in [2.24, 2.45) is 0 Å². The maximum Gasteiger partial charge on any atom is 0.341 e. The molecule has 0 atom stereocenters. The average molecular weight is 423 g/mol. The molecular formula is C21H17N3O5S. The molecule has 0 aliphatic rings. The molecule has 0 radical (unpaired) electrons. The summed E-state index contributed by atoms with van der Waals surface area (Å²) in [6.07, 6.45) is 1.52. The SMILES string of the molecule is CCOC(=O)c1c(-c2ccco2)csc1NC(=O)c1ccc(-c2nc(C)no2)cc1. The van der Waals surface area contributed by atoms with Gasteiger partial charge in [0.1, 0.15) is 16.3 Å². The molecule has 30 heavy (non-hydrogen) atoms. The third-order valence-corrected chi connectivity index (χ3v) is 5.10. The van der Waals surface area contributed by atoms with Crippen molar-refractivity contribution < 1.29 is 23.3 Å². The van der Waals surface area contributed by atoms with E-state index >= 15 is 0 Å². The fourth-order valence-corrected chi connectivity index (χ4v) is 3.76. The number of rotatable bonds is 6. The quantitative estimate of drug-likeness (QED) is 0.444. The van der Waals surface area contributed by atoms with Gasteiger partial charge in [0.25, 0.3) is 11.8 Å². The normalized spacial score (nSPS) is 10.7. The Morgan fingerprint density at radius 1 is 1.20 bits per heavy atom. The second-order valence-corrected chi connectivity index (χ2v) is 7.11. The maximum atomic E-state index is 12.8. The number of carbonyl (C=O) groups is 2. The van der Waals surface area contributed by atoms with E-state index in [2.05, 4.69) is 15.5 Å². The van der Waals surface area contributed by atoms with Gasteiger partial charge in [0, 0.05) is 22.1 Å². The van der Waals surface area contributed by atoms with Crippen molar-refractivity contribution in [2.45, 2.75) is 13.8 Å². The van der Waals surface area contributed by atoms with Gasteiger partial charge in [0.15, 0.2) is 5.82 Å². The Morgan fingerprint density at radius 2 is 2.00 bits per heavy atom. The highest BCUT2D eigenvalue weighted by Gasteiger charge is 2.24. The van der Waals surface area contributed by atoms with Gasteiger partial charge in [0.2, 0.25) is 0 Å². The summed E-state index contributed by atoms with van der Waals surface area (Å²) >= 11 is 1.23. The molecule has 3 aromatic heterocycles. The lowest BCUT2D eigenvalue weighted by Gasteiger charge is -2.08. The second-order valence-electron chi connectivity index (χ2n) is 6.23. The molecule has 0 saturated carbocycles. The fraction of sp³-hybridized carbons (Fsp3) is 0.143. The predicted octanol–water partition coefficient (Wildman–Crippen LogP) is 4.80. The van der Waals surface area contributed by atoms with Crippen LogP contribution in [0.5, 0.6) is 0 Å². The molecule has 0 saturated heterocycles. The first kappa shape index (κ1) is 19.6. The molecule has 152 valence electrons. The number of hydrogen-bond donors (Lipinski definition) is 1. The van der Waals surface area contributed by atoms with Crippen molar-refractivity contribution in [2.75, 3.05) is 11.9 Å². The lowest BCUT2D eigenvalue weighted by molar-refractivity contribution is 0.0529. The molecule has 0 aliphatic heterocycles. The zero-order valence-electron chi connectivity index (χ0n) is 16.2. The predicted molar refractivity (Wildman–Crippen MR) is 110 cm³/mol. The van der Waals surface area contributed by atoms with Crippen LogP contribution in [0.3, 0.4) is 0 Å². The van der Waals surface area contributed by atoms with Gasteiger partial charge in [-0.05, 0) is 50.2 Å². The van der Waals surface area contributed by atoms with Crippen molar-refractivity contribution in [3.8, 4) is 22.8 Å². The molecule has 3 heterocycles. The van der Waals surface area contributed by atoms with E-state index in [0.717, 1.165) is 0 Å². The van der Waals surface area contributed by atoms with E-state index in [0.29, 0.717) is 39.2 Å². The number of anilines is 1. The van der Waals surface area contributed by atoms with E-state index in [9.17, 15) is 9.59 Å². The number of ether oxygens (including phenoxy) is 1. The highest BCUT2D eigenvalue weighted by atomic mass is 32.1. The fourth-order valence-electron chi connectivity index (χ4n) is 2.82. The topological polar surface area (TPSA) is 107 Å². The van der Waals surface area contributed by atoms with Crippen LogP contribution in [-0.4, -0.2) is 28.6 Å². The Bertz CT molecular complexity index is 1180. The lowest BCUT2D eigenvalue weighted by atomic mass is 10.1. The number of aryl methyl sites for hydroxylation is 1. The van der Waals surface area contributed by atoms with Crippen LogP contribution >= 0.6 is 11.3 Å². The Labute approximate surface area is 175 Å². The molecule has 0 unspecified atom stereocenters. The first-order valence-electron chi connectivity index (χ1n) is 9.11. The van der Waals surface area contributed by atoms with Crippen LogP contribution in [0.15, 0.2) is 57.0 Å². The van der Waals surface area contributed by atoms with Gasteiger partial charge < -0.3 is 19.0 Å². The van der Waals surface area contributed by atoms with Crippen LogP contribution in [-0.2, 0) is 4.74 Å². The Hall–Kier alpha value is -3.72. The van der Waals surface area contributed by atoms with Crippen molar-refractivity contribution in [1.82, 2.24) is 10.1 Å². The van der Waals surface area contributed by atoms with Crippen molar-refractivity contribution >= 4 is 28.2 Å². The van der Waals surface area contributed by atoms with E-state index in [4.69, 9.17) is 13.7 Å². The number of amides is 1. The molecular weight excluding hydrogens is 406 g/mol. The summed E-state index contributed by atoms with van der Waals surface area (Å²) in [5, 5.41) is 8.70. The molecule has 4 aromatic rings. The molecule has 0 fully saturated rings.